The van der Waals surface area contributed by atoms with E-state index >= 15 is 0 Å². The number of aliphatic hydroxyl groups is 2. The summed E-state index contributed by atoms with van der Waals surface area (Å²) in [5, 5.41) is 45.5. The molecule has 0 saturated heterocycles. The normalized spacial score (nSPS) is 14.2. The molecule has 19 N–H and O–H groups in total. The zero-order chi connectivity index (χ0) is 41.2. The number of nitrogens with zero attached hydrogens (tertiary/aromatic N) is 1. The molecular formula is C34H60N12O9. The molecule has 0 aromatic heterocycles. The molecule has 0 aliphatic rings. The van der Waals surface area contributed by atoms with Crippen LogP contribution in [0.15, 0.2) is 35.3 Å². The van der Waals surface area contributed by atoms with Crippen LogP contribution in [0, 0.1) is 0 Å². The Bertz CT molecular complexity index is 1370. The van der Waals surface area contributed by atoms with Gasteiger partial charge in [-0.25, -0.2) is 4.79 Å². The quantitative estimate of drug-likeness (QED) is 0.0206. The van der Waals surface area contributed by atoms with Crippen molar-refractivity contribution in [3.05, 3.63) is 35.9 Å². The third kappa shape index (κ3) is 22.1. The maximum absolute atomic E-state index is 12.8. The SMILES string of the molecule is NC[C@@H](NC(=O)[C@H](O)CNC(=O)C[C@H](N)c1ccccc1)C(=O)N[C@@H](CCC[C@@H](N)[C@H](O)CC(=O)NCC(=O)NCCCNCCCCN=C(N)N)C(=O)O. The van der Waals surface area contributed by atoms with Gasteiger partial charge in [-0.15, -0.1) is 0 Å². The average molecular weight is 781 g/mol. The Morgan fingerprint density at radius 1 is 0.727 bits per heavy atom. The first-order valence-corrected chi connectivity index (χ1v) is 18.2. The molecule has 0 aliphatic heterocycles. The first-order valence-electron chi connectivity index (χ1n) is 18.2. The van der Waals surface area contributed by atoms with Crippen molar-refractivity contribution in [3.8, 4) is 0 Å². The summed E-state index contributed by atoms with van der Waals surface area (Å²) in [6, 6.07) is 4.52. The Kier molecular flexibility index (Phi) is 24.2. The van der Waals surface area contributed by atoms with E-state index in [0.717, 1.165) is 24.9 Å². The third-order valence-electron chi connectivity index (χ3n) is 8.19. The molecule has 55 heavy (non-hydrogen) atoms. The number of carboxylic acid groups (broad SMARTS) is 1. The summed E-state index contributed by atoms with van der Waals surface area (Å²) in [4.78, 5) is 77.5. The summed E-state index contributed by atoms with van der Waals surface area (Å²) in [7, 11) is 0. The predicted molar refractivity (Wildman–Crippen MR) is 203 cm³/mol. The molecule has 0 fully saturated rings. The number of benzene rings is 1. The van der Waals surface area contributed by atoms with Crippen LogP contribution in [0.1, 0.15) is 63.0 Å². The largest absolute Gasteiger partial charge is 0.480 e. The van der Waals surface area contributed by atoms with E-state index in [1.54, 1.807) is 30.3 Å². The van der Waals surface area contributed by atoms with Crippen LogP contribution in [0.4, 0.5) is 0 Å². The van der Waals surface area contributed by atoms with Crippen LogP contribution in [-0.4, -0.2) is 133 Å². The molecule has 1 rings (SSSR count). The van der Waals surface area contributed by atoms with Gasteiger partial charge in [-0.1, -0.05) is 30.3 Å². The van der Waals surface area contributed by atoms with E-state index in [0.29, 0.717) is 26.1 Å². The Balaban J connectivity index is 2.35. The number of rotatable bonds is 29. The molecule has 21 heteroatoms. The van der Waals surface area contributed by atoms with Gasteiger partial charge in [0.1, 0.15) is 18.2 Å². The predicted octanol–water partition coefficient (Wildman–Crippen LogP) is -4.92. The van der Waals surface area contributed by atoms with Crippen molar-refractivity contribution in [1.82, 2.24) is 31.9 Å². The summed E-state index contributed by atoms with van der Waals surface area (Å²) in [5.41, 5.74) is 28.9. The smallest absolute Gasteiger partial charge is 0.326 e. The van der Waals surface area contributed by atoms with Gasteiger partial charge in [0.15, 0.2) is 5.96 Å². The van der Waals surface area contributed by atoms with Crippen LogP contribution < -0.4 is 60.6 Å². The number of amides is 5. The van der Waals surface area contributed by atoms with E-state index in [1.807, 2.05) is 0 Å². The van der Waals surface area contributed by atoms with Crippen molar-refractivity contribution in [1.29, 1.82) is 0 Å². The number of nitrogens with two attached hydrogens (primary N) is 5. The highest BCUT2D eigenvalue weighted by molar-refractivity contribution is 5.92. The van der Waals surface area contributed by atoms with E-state index in [4.69, 9.17) is 28.7 Å². The van der Waals surface area contributed by atoms with Crippen LogP contribution in [0.25, 0.3) is 0 Å². The molecule has 0 bridgehead atoms. The van der Waals surface area contributed by atoms with Gasteiger partial charge in [-0.3, -0.25) is 29.0 Å². The minimum absolute atomic E-state index is 0.0678. The number of aliphatic imine (C=N–C) groups is 1. The van der Waals surface area contributed by atoms with Crippen LogP contribution in [0.3, 0.4) is 0 Å². The minimum Gasteiger partial charge on any atom is -0.480 e. The molecule has 0 aliphatic carbocycles. The lowest BCUT2D eigenvalue weighted by atomic mass is 10.00. The maximum atomic E-state index is 12.8. The molecule has 0 radical (unpaired) electrons. The lowest BCUT2D eigenvalue weighted by molar-refractivity contribution is -0.142. The molecule has 1 aromatic rings. The number of aliphatic carboxylic acids is 1. The van der Waals surface area contributed by atoms with E-state index in [9.17, 15) is 44.1 Å². The van der Waals surface area contributed by atoms with Crippen molar-refractivity contribution < 1.29 is 44.1 Å². The van der Waals surface area contributed by atoms with Crippen LogP contribution in [0.2, 0.25) is 0 Å². The van der Waals surface area contributed by atoms with Gasteiger partial charge in [-0.05, 0) is 57.2 Å². The van der Waals surface area contributed by atoms with E-state index in [2.05, 4.69) is 36.9 Å². The second kappa shape index (κ2) is 27.6. The topological polar surface area (TPSA) is 378 Å². The monoisotopic (exact) mass is 780 g/mol. The van der Waals surface area contributed by atoms with Gasteiger partial charge < -0.3 is 75.9 Å². The number of carboxylic acids is 1. The lowest BCUT2D eigenvalue weighted by Gasteiger charge is -2.23. The fourth-order valence-corrected chi connectivity index (χ4v) is 4.96. The number of guanidine groups is 1. The molecule has 21 nitrogen and oxygen atoms in total. The highest BCUT2D eigenvalue weighted by Gasteiger charge is 2.28. The van der Waals surface area contributed by atoms with E-state index < -0.39 is 91.4 Å². The zero-order valence-corrected chi connectivity index (χ0v) is 31.1. The number of aliphatic hydroxyl groups excluding tert-OH is 2. The summed E-state index contributed by atoms with van der Waals surface area (Å²) < 4.78 is 0. The fourth-order valence-electron chi connectivity index (χ4n) is 4.96. The molecule has 1 aromatic carbocycles. The van der Waals surface area contributed by atoms with Gasteiger partial charge in [-0.2, -0.15) is 0 Å². The van der Waals surface area contributed by atoms with Gasteiger partial charge in [0, 0.05) is 38.1 Å². The highest BCUT2D eigenvalue weighted by atomic mass is 16.4. The summed E-state index contributed by atoms with van der Waals surface area (Å²) in [6.07, 6.45) is -1.02. The van der Waals surface area contributed by atoms with Crippen molar-refractivity contribution in [2.75, 3.05) is 45.8 Å². The van der Waals surface area contributed by atoms with Crippen molar-refractivity contribution in [2.24, 2.45) is 33.7 Å². The Morgan fingerprint density at radius 3 is 2.04 bits per heavy atom. The van der Waals surface area contributed by atoms with Crippen molar-refractivity contribution >= 4 is 41.5 Å². The number of carbonyl (C=O) groups excluding carboxylic acids is 5. The van der Waals surface area contributed by atoms with Gasteiger partial charge >= 0.3 is 5.97 Å². The Labute approximate surface area is 320 Å². The molecule has 0 heterocycles. The first-order chi connectivity index (χ1) is 26.1. The average Bonchev–Trinajstić information content (AvgIpc) is 3.15. The first kappa shape index (κ1) is 48.1. The molecule has 0 unspecified atom stereocenters. The Hall–Kier alpha value is -4.93. The van der Waals surface area contributed by atoms with E-state index in [1.165, 1.54) is 0 Å². The summed E-state index contributed by atoms with van der Waals surface area (Å²) in [6.45, 7) is 1.24. The van der Waals surface area contributed by atoms with Crippen molar-refractivity contribution in [2.45, 2.75) is 87.7 Å². The molecule has 0 spiro atoms. The van der Waals surface area contributed by atoms with Crippen LogP contribution in [-0.2, 0) is 28.8 Å². The lowest BCUT2D eigenvalue weighted by Crippen LogP contribution is -2.57. The highest BCUT2D eigenvalue weighted by Crippen LogP contribution is 2.13. The number of unbranched alkanes of at least 4 members (excludes halogenated alkanes) is 1. The molecule has 0 saturated carbocycles. The van der Waals surface area contributed by atoms with Gasteiger partial charge in [0.05, 0.1) is 25.6 Å². The molecule has 310 valence electrons. The zero-order valence-electron chi connectivity index (χ0n) is 31.1. The van der Waals surface area contributed by atoms with Crippen molar-refractivity contribution in [3.63, 3.8) is 0 Å². The minimum atomic E-state index is -1.75. The number of hydrogen-bond acceptors (Lipinski definition) is 13. The van der Waals surface area contributed by atoms with Gasteiger partial charge in [0.25, 0.3) is 5.91 Å². The molecule has 5 amide bonds. The maximum Gasteiger partial charge on any atom is 0.326 e. The fraction of sp³-hybridized carbons (Fsp3) is 0.618. The molecule has 6 atom stereocenters. The second-order valence-corrected chi connectivity index (χ2v) is 12.8. The van der Waals surface area contributed by atoms with E-state index in [-0.39, 0.29) is 38.2 Å². The number of carbonyl (C=O) groups is 6. The second-order valence-electron chi connectivity index (χ2n) is 12.8. The van der Waals surface area contributed by atoms with Gasteiger partial charge in [0.2, 0.25) is 23.6 Å². The number of hydrogen-bond donors (Lipinski definition) is 14. The summed E-state index contributed by atoms with van der Waals surface area (Å²) >= 11 is 0. The summed E-state index contributed by atoms with van der Waals surface area (Å²) in [5.74, 6) is -4.79. The van der Waals surface area contributed by atoms with Crippen LogP contribution >= 0.6 is 0 Å². The standard InChI is InChI=1S/C34H60N12O9/c35-18-25(46-32(53)27(48)19-43-28(49)16-23(37)21-8-2-1-3-9-21)31(52)45-24(33(54)55)11-6-10-22(36)26(47)17-29(50)44-20-30(51)41-15-7-13-40-12-4-5-14-42-34(38)39/h1-3,8-9,22-27,40,47-48H,4-7,10-20,35-37H2,(H,41,51)(H,43,49)(H,44,50)(H,45,52)(H,46,53)(H,54,55)(H4,38,39,42)/t22-,23+,24+,25-,26-,27-/m1/s1. The van der Waals surface area contributed by atoms with Crippen LogP contribution in [0.5, 0.6) is 0 Å². The molecular weight excluding hydrogens is 720 g/mol. The number of nitrogens with one attached hydrogen (secondary N) is 6. The Morgan fingerprint density at radius 2 is 1.38 bits per heavy atom. The third-order valence-corrected chi connectivity index (χ3v) is 8.19.